The lowest BCUT2D eigenvalue weighted by Gasteiger charge is -2.07. The lowest BCUT2D eigenvalue weighted by molar-refractivity contribution is -0.384. The number of nitro groups is 1. The topological polar surface area (TPSA) is 101 Å². The quantitative estimate of drug-likeness (QED) is 0.545. The van der Waals surface area contributed by atoms with E-state index in [0.29, 0.717) is 5.56 Å². The van der Waals surface area contributed by atoms with Crippen LogP contribution >= 0.6 is 15.9 Å². The van der Waals surface area contributed by atoms with Crippen LogP contribution in [0.3, 0.4) is 0 Å². The third-order valence-corrected chi connectivity index (χ3v) is 3.91. The highest BCUT2D eigenvalue weighted by molar-refractivity contribution is 9.10. The van der Waals surface area contributed by atoms with Crippen LogP contribution in [0.1, 0.15) is 22.3 Å². The second kappa shape index (κ2) is 8.93. The van der Waals surface area contributed by atoms with Gasteiger partial charge in [0.25, 0.3) is 11.6 Å². The molecule has 7 nitrogen and oxygen atoms in total. The molecule has 130 valence electrons. The highest BCUT2D eigenvalue weighted by Gasteiger charge is 2.07. The fourth-order valence-electron chi connectivity index (χ4n) is 2.02. The van der Waals surface area contributed by atoms with Gasteiger partial charge >= 0.3 is 0 Å². The summed E-state index contributed by atoms with van der Waals surface area (Å²) in [5, 5.41) is 15.9. The van der Waals surface area contributed by atoms with Crippen molar-refractivity contribution in [2.24, 2.45) is 0 Å². The molecule has 25 heavy (non-hydrogen) atoms. The highest BCUT2D eigenvalue weighted by atomic mass is 79.9. The minimum atomic E-state index is -0.476. The van der Waals surface area contributed by atoms with Gasteiger partial charge < -0.3 is 10.6 Å². The molecule has 0 saturated heterocycles. The smallest absolute Gasteiger partial charge is 0.269 e. The molecule has 8 heteroatoms. The molecular formula is C17H16BrN3O4. The van der Waals surface area contributed by atoms with Gasteiger partial charge in [0.2, 0.25) is 5.91 Å². The Balaban J connectivity index is 1.70. The van der Waals surface area contributed by atoms with E-state index in [-0.39, 0.29) is 37.0 Å². The summed E-state index contributed by atoms with van der Waals surface area (Å²) in [6, 6.07) is 12.9. The second-order valence-electron chi connectivity index (χ2n) is 5.21. The first-order valence-electron chi connectivity index (χ1n) is 7.49. The Labute approximate surface area is 152 Å². The van der Waals surface area contributed by atoms with Crippen LogP contribution < -0.4 is 10.6 Å². The van der Waals surface area contributed by atoms with Gasteiger partial charge in [-0.3, -0.25) is 19.7 Å². The van der Waals surface area contributed by atoms with E-state index >= 15 is 0 Å². The Morgan fingerprint density at radius 3 is 2.24 bits per heavy atom. The maximum Gasteiger partial charge on any atom is 0.269 e. The highest BCUT2D eigenvalue weighted by Crippen LogP contribution is 2.12. The van der Waals surface area contributed by atoms with Crippen LogP contribution in [0, 0.1) is 10.1 Å². The molecule has 0 radical (unpaired) electrons. The summed E-state index contributed by atoms with van der Waals surface area (Å²) in [4.78, 5) is 33.8. The van der Waals surface area contributed by atoms with E-state index in [2.05, 4.69) is 26.6 Å². The third-order valence-electron chi connectivity index (χ3n) is 3.38. The van der Waals surface area contributed by atoms with Crippen molar-refractivity contribution in [1.82, 2.24) is 10.6 Å². The molecule has 0 aliphatic heterocycles. The fourth-order valence-corrected chi connectivity index (χ4v) is 2.28. The third kappa shape index (κ3) is 6.00. The first-order chi connectivity index (χ1) is 12.0. The van der Waals surface area contributed by atoms with Gasteiger partial charge in [-0.05, 0) is 29.8 Å². The number of carbonyl (C=O) groups excluding carboxylic acids is 2. The summed E-state index contributed by atoms with van der Waals surface area (Å²) in [5.74, 6) is -0.454. The Bertz CT molecular complexity index is 760. The molecule has 2 N–H and O–H groups in total. The number of halogens is 1. The van der Waals surface area contributed by atoms with Crippen LogP contribution in [-0.2, 0) is 11.3 Å². The number of nitrogens with zero attached hydrogens (tertiary/aromatic N) is 1. The zero-order chi connectivity index (χ0) is 18.2. The number of nitrogens with one attached hydrogen (secondary N) is 2. The zero-order valence-electron chi connectivity index (χ0n) is 13.2. The monoisotopic (exact) mass is 405 g/mol. The molecule has 2 aromatic rings. The second-order valence-corrected chi connectivity index (χ2v) is 6.13. The van der Waals surface area contributed by atoms with E-state index in [4.69, 9.17) is 0 Å². The van der Waals surface area contributed by atoms with E-state index in [1.165, 1.54) is 12.1 Å². The maximum atomic E-state index is 11.9. The van der Waals surface area contributed by atoms with Crippen LogP contribution in [0.5, 0.6) is 0 Å². The van der Waals surface area contributed by atoms with Gasteiger partial charge in [0.1, 0.15) is 0 Å². The van der Waals surface area contributed by atoms with Crippen molar-refractivity contribution >= 4 is 33.4 Å². The molecule has 0 saturated carbocycles. The van der Waals surface area contributed by atoms with Crippen molar-refractivity contribution in [3.63, 3.8) is 0 Å². The Morgan fingerprint density at radius 1 is 1.00 bits per heavy atom. The van der Waals surface area contributed by atoms with Crippen LogP contribution in [0.2, 0.25) is 0 Å². The standard InChI is InChI=1S/C17H16BrN3O4/c18-14-5-3-13(4-6-14)17(23)19-10-9-16(22)20-11-12-1-7-15(8-2-12)21(24)25/h1-8H,9-11H2,(H,19,23)(H,20,22). The first kappa shape index (κ1) is 18.6. The van der Waals surface area contributed by atoms with Gasteiger partial charge in [-0.15, -0.1) is 0 Å². The summed E-state index contributed by atoms with van der Waals surface area (Å²) in [7, 11) is 0. The molecule has 0 atom stereocenters. The summed E-state index contributed by atoms with van der Waals surface area (Å²) in [6.07, 6.45) is 0.148. The number of nitro benzene ring substituents is 1. The molecular weight excluding hydrogens is 390 g/mol. The number of non-ortho nitro benzene ring substituents is 1. The minimum Gasteiger partial charge on any atom is -0.352 e. The fraction of sp³-hybridized carbons (Fsp3) is 0.176. The number of benzene rings is 2. The number of amides is 2. The van der Waals surface area contributed by atoms with Gasteiger partial charge in [-0.25, -0.2) is 0 Å². The molecule has 2 aromatic carbocycles. The molecule has 0 aliphatic carbocycles. The molecule has 2 rings (SSSR count). The van der Waals surface area contributed by atoms with Crippen molar-refractivity contribution in [2.75, 3.05) is 6.54 Å². The van der Waals surface area contributed by atoms with E-state index in [1.54, 1.807) is 36.4 Å². The van der Waals surface area contributed by atoms with Crippen LogP contribution in [0.4, 0.5) is 5.69 Å². The SMILES string of the molecule is O=C(CCNC(=O)c1ccc(Br)cc1)NCc1ccc([N+](=O)[O-])cc1. The van der Waals surface area contributed by atoms with E-state index < -0.39 is 4.92 Å². The Hall–Kier alpha value is -2.74. The predicted molar refractivity (Wildman–Crippen MR) is 96.0 cm³/mol. The first-order valence-corrected chi connectivity index (χ1v) is 8.29. The number of hydrogen-bond donors (Lipinski definition) is 2. The number of hydrogen-bond acceptors (Lipinski definition) is 4. The minimum absolute atomic E-state index is 0.00531. The molecule has 0 aliphatic rings. The molecule has 0 spiro atoms. The molecule has 0 heterocycles. The van der Waals surface area contributed by atoms with E-state index in [9.17, 15) is 19.7 Å². The Morgan fingerprint density at radius 2 is 1.64 bits per heavy atom. The van der Waals surface area contributed by atoms with Crippen molar-refractivity contribution in [2.45, 2.75) is 13.0 Å². The van der Waals surface area contributed by atoms with Crippen molar-refractivity contribution in [3.8, 4) is 0 Å². The molecule has 0 aromatic heterocycles. The number of rotatable bonds is 7. The summed E-state index contributed by atoms with van der Waals surface area (Å²) >= 11 is 3.30. The van der Waals surface area contributed by atoms with Crippen LogP contribution in [0.25, 0.3) is 0 Å². The summed E-state index contributed by atoms with van der Waals surface area (Å²) in [6.45, 7) is 0.498. The number of carbonyl (C=O) groups is 2. The average Bonchev–Trinajstić information content (AvgIpc) is 2.60. The molecule has 0 unspecified atom stereocenters. The van der Waals surface area contributed by atoms with Gasteiger partial charge in [-0.2, -0.15) is 0 Å². The molecule has 0 fully saturated rings. The van der Waals surface area contributed by atoms with E-state index in [1.807, 2.05) is 0 Å². The van der Waals surface area contributed by atoms with E-state index in [0.717, 1.165) is 10.0 Å². The largest absolute Gasteiger partial charge is 0.352 e. The van der Waals surface area contributed by atoms with Crippen molar-refractivity contribution < 1.29 is 14.5 Å². The van der Waals surface area contributed by atoms with Gasteiger partial charge in [0.05, 0.1) is 4.92 Å². The van der Waals surface area contributed by atoms with Gasteiger partial charge in [0, 0.05) is 41.7 Å². The van der Waals surface area contributed by atoms with Crippen molar-refractivity contribution in [3.05, 3.63) is 74.2 Å². The molecule has 2 amide bonds. The van der Waals surface area contributed by atoms with Crippen LogP contribution in [0.15, 0.2) is 53.0 Å². The predicted octanol–water partition coefficient (Wildman–Crippen LogP) is 2.79. The molecule has 0 bridgehead atoms. The lowest BCUT2D eigenvalue weighted by Crippen LogP contribution is -2.30. The van der Waals surface area contributed by atoms with Gasteiger partial charge in [-0.1, -0.05) is 28.1 Å². The Kier molecular flexibility index (Phi) is 6.64. The van der Waals surface area contributed by atoms with Gasteiger partial charge in [0.15, 0.2) is 0 Å². The maximum absolute atomic E-state index is 11.9. The summed E-state index contributed by atoms with van der Waals surface area (Å²) < 4.78 is 0.884. The lowest BCUT2D eigenvalue weighted by atomic mass is 10.2. The van der Waals surface area contributed by atoms with Crippen LogP contribution in [-0.4, -0.2) is 23.3 Å². The zero-order valence-corrected chi connectivity index (χ0v) is 14.8. The summed E-state index contributed by atoms with van der Waals surface area (Å²) in [5.41, 5.74) is 1.29. The normalized spacial score (nSPS) is 10.1. The average molecular weight is 406 g/mol. The van der Waals surface area contributed by atoms with Crippen molar-refractivity contribution in [1.29, 1.82) is 0 Å².